The highest BCUT2D eigenvalue weighted by atomic mass is 16.2. The minimum atomic E-state index is -0.147. The Morgan fingerprint density at radius 2 is 1.72 bits per heavy atom. The van der Waals surface area contributed by atoms with Crippen molar-refractivity contribution in [2.24, 2.45) is 7.05 Å². The van der Waals surface area contributed by atoms with E-state index in [1.165, 1.54) is 11.0 Å². The molecule has 3 aromatic rings. The number of aromatic nitrogens is 4. The number of hydrogen-bond donors (Lipinski definition) is 1. The lowest BCUT2D eigenvalue weighted by Crippen LogP contribution is -2.50. The molecule has 2 amide bonds. The van der Waals surface area contributed by atoms with E-state index < -0.39 is 0 Å². The lowest BCUT2D eigenvalue weighted by molar-refractivity contribution is 0.0529. The highest BCUT2D eigenvalue weighted by molar-refractivity contribution is 5.98. The van der Waals surface area contributed by atoms with Gasteiger partial charge >= 0.3 is 0 Å². The maximum atomic E-state index is 12.7. The van der Waals surface area contributed by atoms with E-state index in [-0.39, 0.29) is 11.8 Å². The number of nitrogens with zero attached hydrogens (tertiary/aromatic N) is 5. The molecular formula is C17H18N6O2. The molecule has 128 valence electrons. The van der Waals surface area contributed by atoms with Crippen molar-refractivity contribution in [2.75, 3.05) is 26.2 Å². The predicted molar refractivity (Wildman–Crippen MR) is 91.1 cm³/mol. The highest BCUT2D eigenvalue weighted by Gasteiger charge is 2.27. The fourth-order valence-electron chi connectivity index (χ4n) is 3.08. The molecular weight excluding hydrogens is 320 g/mol. The van der Waals surface area contributed by atoms with Crippen molar-refractivity contribution >= 4 is 22.7 Å². The van der Waals surface area contributed by atoms with Crippen LogP contribution in [0.2, 0.25) is 0 Å². The SMILES string of the molecule is Cn1ncc(C(=O)N2CCN(C(=O)c3cc4ccccc4[nH]3)CC2)n1. The molecule has 0 saturated carbocycles. The summed E-state index contributed by atoms with van der Waals surface area (Å²) in [5.74, 6) is -0.186. The van der Waals surface area contributed by atoms with Crippen LogP contribution < -0.4 is 0 Å². The Morgan fingerprint density at radius 3 is 2.36 bits per heavy atom. The zero-order valence-electron chi connectivity index (χ0n) is 13.8. The van der Waals surface area contributed by atoms with Gasteiger partial charge in [-0.3, -0.25) is 9.59 Å². The number of amides is 2. The molecule has 1 fully saturated rings. The Bertz CT molecular complexity index is 902. The van der Waals surface area contributed by atoms with Crippen LogP contribution in [0, 0.1) is 0 Å². The maximum Gasteiger partial charge on any atom is 0.276 e. The smallest absolute Gasteiger partial charge is 0.276 e. The standard InChI is InChI=1S/C17H18N6O2/c1-21-18-11-15(20-21)17(25)23-8-6-22(7-9-23)16(24)14-10-12-4-2-3-5-13(12)19-14/h2-5,10-11,19H,6-9H2,1H3. The molecule has 4 rings (SSSR count). The average molecular weight is 338 g/mol. The van der Waals surface area contributed by atoms with Crippen LogP contribution in [0.15, 0.2) is 36.5 Å². The maximum absolute atomic E-state index is 12.7. The van der Waals surface area contributed by atoms with E-state index in [0.717, 1.165) is 10.9 Å². The van der Waals surface area contributed by atoms with Gasteiger partial charge in [-0.1, -0.05) is 18.2 Å². The molecule has 1 aromatic carbocycles. The Hall–Kier alpha value is -3.16. The van der Waals surface area contributed by atoms with Crippen LogP contribution in [-0.2, 0) is 7.05 Å². The Kier molecular flexibility index (Phi) is 3.72. The van der Waals surface area contributed by atoms with E-state index in [9.17, 15) is 9.59 Å². The number of carbonyl (C=O) groups excluding carboxylic acids is 2. The Labute approximate surface area is 144 Å². The number of carbonyl (C=O) groups is 2. The number of piperazine rings is 1. The molecule has 3 heterocycles. The number of nitrogens with one attached hydrogen (secondary N) is 1. The second-order valence-corrected chi connectivity index (χ2v) is 6.07. The number of aromatic amines is 1. The quantitative estimate of drug-likeness (QED) is 0.752. The topological polar surface area (TPSA) is 87.1 Å². The van der Waals surface area contributed by atoms with Gasteiger partial charge in [-0.15, -0.1) is 5.10 Å². The molecule has 1 saturated heterocycles. The fourth-order valence-corrected chi connectivity index (χ4v) is 3.08. The van der Waals surface area contributed by atoms with Crippen molar-refractivity contribution in [1.82, 2.24) is 29.8 Å². The fraction of sp³-hybridized carbons (Fsp3) is 0.294. The van der Waals surface area contributed by atoms with E-state index in [2.05, 4.69) is 15.2 Å². The zero-order valence-corrected chi connectivity index (χ0v) is 13.8. The predicted octanol–water partition coefficient (Wildman–Crippen LogP) is 0.895. The molecule has 2 aromatic heterocycles. The highest BCUT2D eigenvalue weighted by Crippen LogP contribution is 2.17. The molecule has 25 heavy (non-hydrogen) atoms. The van der Waals surface area contributed by atoms with Crippen molar-refractivity contribution in [3.8, 4) is 0 Å². The number of benzene rings is 1. The summed E-state index contributed by atoms with van der Waals surface area (Å²) in [6.45, 7) is 1.98. The van der Waals surface area contributed by atoms with Gasteiger partial charge in [0.2, 0.25) is 0 Å². The summed E-state index contributed by atoms with van der Waals surface area (Å²) in [5, 5.41) is 8.98. The van der Waals surface area contributed by atoms with Gasteiger partial charge < -0.3 is 14.8 Å². The molecule has 0 radical (unpaired) electrons. The molecule has 1 N–H and O–H groups in total. The van der Waals surface area contributed by atoms with Crippen LogP contribution in [0.25, 0.3) is 10.9 Å². The molecule has 0 aliphatic carbocycles. The van der Waals surface area contributed by atoms with Gasteiger partial charge in [-0.05, 0) is 12.1 Å². The first-order valence-electron chi connectivity index (χ1n) is 8.14. The van der Waals surface area contributed by atoms with E-state index >= 15 is 0 Å². The summed E-state index contributed by atoms with van der Waals surface area (Å²) >= 11 is 0. The molecule has 0 bridgehead atoms. The van der Waals surface area contributed by atoms with Gasteiger partial charge in [0.1, 0.15) is 5.69 Å². The van der Waals surface area contributed by atoms with Gasteiger partial charge in [0.05, 0.1) is 6.20 Å². The first-order chi connectivity index (χ1) is 12.1. The van der Waals surface area contributed by atoms with Crippen LogP contribution >= 0.6 is 0 Å². The minimum Gasteiger partial charge on any atom is -0.351 e. The third-order valence-corrected chi connectivity index (χ3v) is 4.43. The minimum absolute atomic E-state index is 0.0391. The van der Waals surface area contributed by atoms with E-state index in [0.29, 0.717) is 37.6 Å². The molecule has 1 aliphatic rings. The van der Waals surface area contributed by atoms with E-state index in [1.807, 2.05) is 30.3 Å². The summed E-state index contributed by atoms with van der Waals surface area (Å²) in [6.07, 6.45) is 1.46. The molecule has 1 aliphatic heterocycles. The summed E-state index contributed by atoms with van der Waals surface area (Å²) < 4.78 is 0. The number of rotatable bonds is 2. The van der Waals surface area contributed by atoms with Crippen molar-refractivity contribution in [2.45, 2.75) is 0 Å². The van der Waals surface area contributed by atoms with E-state index in [1.54, 1.807) is 16.8 Å². The van der Waals surface area contributed by atoms with Gasteiger partial charge in [-0.25, -0.2) is 0 Å². The number of hydrogen-bond acceptors (Lipinski definition) is 4. The van der Waals surface area contributed by atoms with Crippen molar-refractivity contribution in [3.63, 3.8) is 0 Å². The molecule has 0 atom stereocenters. The van der Waals surface area contributed by atoms with Crippen molar-refractivity contribution in [1.29, 1.82) is 0 Å². The number of aryl methyl sites for hydroxylation is 1. The normalized spacial score (nSPS) is 14.9. The van der Waals surface area contributed by atoms with Crippen LogP contribution in [0.4, 0.5) is 0 Å². The van der Waals surface area contributed by atoms with Crippen LogP contribution in [0.3, 0.4) is 0 Å². The van der Waals surface area contributed by atoms with Gasteiger partial charge in [0.15, 0.2) is 5.69 Å². The van der Waals surface area contributed by atoms with Crippen LogP contribution in [-0.4, -0.2) is 67.8 Å². The molecule has 8 heteroatoms. The Balaban J connectivity index is 1.42. The first-order valence-corrected chi connectivity index (χ1v) is 8.14. The second-order valence-electron chi connectivity index (χ2n) is 6.07. The molecule has 0 spiro atoms. The molecule has 8 nitrogen and oxygen atoms in total. The number of H-pyrrole nitrogens is 1. The largest absolute Gasteiger partial charge is 0.351 e. The van der Waals surface area contributed by atoms with Crippen LogP contribution in [0.5, 0.6) is 0 Å². The lowest BCUT2D eigenvalue weighted by atomic mass is 10.2. The van der Waals surface area contributed by atoms with Crippen molar-refractivity contribution < 1.29 is 9.59 Å². The molecule has 0 unspecified atom stereocenters. The van der Waals surface area contributed by atoms with Gasteiger partial charge in [0.25, 0.3) is 11.8 Å². The number of fused-ring (bicyclic) bond motifs is 1. The zero-order chi connectivity index (χ0) is 17.4. The first kappa shape index (κ1) is 15.4. The monoisotopic (exact) mass is 338 g/mol. The number of para-hydroxylation sites is 1. The van der Waals surface area contributed by atoms with Crippen molar-refractivity contribution in [3.05, 3.63) is 47.9 Å². The van der Waals surface area contributed by atoms with E-state index in [4.69, 9.17) is 0 Å². The summed E-state index contributed by atoms with van der Waals surface area (Å²) in [5.41, 5.74) is 1.86. The third-order valence-electron chi connectivity index (χ3n) is 4.43. The Morgan fingerprint density at radius 1 is 1.04 bits per heavy atom. The second kappa shape index (κ2) is 6.04. The lowest BCUT2D eigenvalue weighted by Gasteiger charge is -2.34. The summed E-state index contributed by atoms with van der Waals surface area (Å²) in [6, 6.07) is 9.67. The van der Waals surface area contributed by atoms with Crippen LogP contribution in [0.1, 0.15) is 21.0 Å². The summed E-state index contributed by atoms with van der Waals surface area (Å²) in [7, 11) is 1.67. The van der Waals surface area contributed by atoms with Gasteiger partial charge in [-0.2, -0.15) is 9.90 Å². The van der Waals surface area contributed by atoms with Gasteiger partial charge in [0, 0.05) is 44.1 Å². The summed E-state index contributed by atoms with van der Waals surface area (Å²) in [4.78, 5) is 33.1. The average Bonchev–Trinajstić information content (AvgIpc) is 3.26. The third kappa shape index (κ3) is 2.86.